The van der Waals surface area contributed by atoms with Gasteiger partial charge in [0.1, 0.15) is 18.6 Å². The molecule has 0 radical (unpaired) electrons. The van der Waals surface area contributed by atoms with Gasteiger partial charge in [-0.1, -0.05) is 18.9 Å². The molecule has 5 heterocycles. The zero-order valence-corrected chi connectivity index (χ0v) is 28.6. The number of halogens is 3. The summed E-state index contributed by atoms with van der Waals surface area (Å²) in [5.41, 5.74) is 15.1. The molecule has 3 aromatic heterocycles. The smallest absolute Gasteiger partial charge is 0.340 e. The molecule has 5 bridgehead atoms. The van der Waals surface area contributed by atoms with Gasteiger partial charge in [-0.3, -0.25) is 20.9 Å². The number of rotatable bonds is 10. The molecule has 2 aliphatic heterocycles. The molecular formula is C33H38F3N11O3S. The van der Waals surface area contributed by atoms with Crippen LogP contribution in [-0.4, -0.2) is 96.6 Å². The summed E-state index contributed by atoms with van der Waals surface area (Å²) in [6.45, 7) is 1.69. The minimum Gasteiger partial charge on any atom is -0.340 e. The van der Waals surface area contributed by atoms with E-state index in [1.54, 1.807) is 24.0 Å². The van der Waals surface area contributed by atoms with E-state index in [0.29, 0.717) is 60.3 Å². The fraction of sp³-hybridized carbons (Fsp3) is 0.455. The molecule has 1 aliphatic carbocycles. The van der Waals surface area contributed by atoms with E-state index >= 15 is 0 Å². The van der Waals surface area contributed by atoms with Gasteiger partial charge in [0.05, 0.1) is 16.7 Å². The molecule has 4 aromatic rings. The number of carbonyl (C=O) groups excluding carboxylic acids is 2. The number of anilines is 3. The Morgan fingerprint density at radius 2 is 1.94 bits per heavy atom. The summed E-state index contributed by atoms with van der Waals surface area (Å²) < 4.78 is 38.3. The standard InChI is InChI=1S/C33H38F3N11O3S/c1-51-18-23(12-20-2-3-20)33(37)30(49)50-44-28-15-25(39-19-40-28)22-4-5-24-26(14-22)42-31(41-24)47(33)43-27-13-21(6-7-38-27)17-45-8-10-46(11-9-45)29(48)16-32(34,35)36/h4-7,13-15,19-20,23H,2-3,8-12,16-18,37H2,1H3,(H,38,43)(H,41,42)(H,39,40,44). The number of nitrogens with one attached hydrogen (secondary N) is 3. The number of fused-ring (bicyclic) bond motifs is 5. The second-order valence-electron chi connectivity index (χ2n) is 13.2. The fourth-order valence-electron chi connectivity index (χ4n) is 6.55. The van der Waals surface area contributed by atoms with Gasteiger partial charge in [-0.05, 0) is 48.4 Å². The molecule has 2 atom stereocenters. The number of amides is 1. The largest absolute Gasteiger partial charge is 0.397 e. The first kappa shape index (κ1) is 34.8. The second-order valence-corrected chi connectivity index (χ2v) is 14.1. The van der Waals surface area contributed by atoms with Crippen LogP contribution < -0.4 is 21.6 Å². The maximum atomic E-state index is 14.4. The molecule has 14 nitrogen and oxygen atoms in total. The van der Waals surface area contributed by atoms with Gasteiger partial charge in [-0.2, -0.15) is 24.9 Å². The molecule has 18 heteroatoms. The number of piperazine rings is 1. The predicted molar refractivity (Wildman–Crippen MR) is 186 cm³/mol. The van der Waals surface area contributed by atoms with Crippen LogP contribution in [-0.2, 0) is 21.0 Å². The number of thioether (sulfide) groups is 1. The van der Waals surface area contributed by atoms with Crippen LogP contribution in [0.1, 0.15) is 31.2 Å². The molecule has 7 rings (SSSR count). The lowest BCUT2D eigenvalue weighted by Gasteiger charge is -2.43. The SMILES string of the molecule is CSCC(CC1CC1)C1(N)C(=O)ONc2cc(ncn2)-c2ccc3nc([nH]c3c2)N1Nc1cc(CN2CCN(C(=O)CC(F)(F)F)CC2)ccn1. The Hall–Kier alpha value is -4.68. The molecule has 2 fully saturated rings. The number of hydrogen-bond acceptors (Lipinski definition) is 13. The molecule has 3 aliphatic rings. The third kappa shape index (κ3) is 7.82. The van der Waals surface area contributed by atoms with Crippen molar-refractivity contribution in [3.05, 3.63) is 54.5 Å². The number of nitrogens with two attached hydrogens (primary N) is 1. The Bertz CT molecular complexity index is 1900. The highest BCUT2D eigenvalue weighted by Gasteiger charge is 2.52. The highest BCUT2D eigenvalue weighted by atomic mass is 32.2. The molecule has 0 spiro atoms. The number of hydrazine groups is 1. The number of hydrogen-bond donors (Lipinski definition) is 4. The van der Waals surface area contributed by atoms with E-state index in [2.05, 4.69) is 35.7 Å². The predicted octanol–water partition coefficient (Wildman–Crippen LogP) is 4.16. The van der Waals surface area contributed by atoms with Crippen LogP contribution >= 0.6 is 11.8 Å². The Kier molecular flexibility index (Phi) is 9.64. The van der Waals surface area contributed by atoms with E-state index in [4.69, 9.17) is 15.6 Å². The highest BCUT2D eigenvalue weighted by Crippen LogP contribution is 2.41. The van der Waals surface area contributed by atoms with Crippen LogP contribution in [0.3, 0.4) is 0 Å². The van der Waals surface area contributed by atoms with Crippen LogP contribution in [0.15, 0.2) is 48.9 Å². The Morgan fingerprint density at radius 3 is 2.69 bits per heavy atom. The summed E-state index contributed by atoms with van der Waals surface area (Å²) in [4.78, 5) is 56.9. The number of benzene rings is 1. The molecule has 1 aromatic carbocycles. The van der Waals surface area contributed by atoms with Crippen molar-refractivity contribution in [2.24, 2.45) is 17.6 Å². The summed E-state index contributed by atoms with van der Waals surface area (Å²) in [5.74, 6) is -0.174. The summed E-state index contributed by atoms with van der Waals surface area (Å²) in [5, 5.41) is 1.51. The van der Waals surface area contributed by atoms with Crippen LogP contribution in [0.2, 0.25) is 0 Å². The first-order valence-corrected chi connectivity index (χ1v) is 18.0. The number of aromatic nitrogens is 5. The van der Waals surface area contributed by atoms with E-state index < -0.39 is 36.1 Å². The molecule has 1 saturated heterocycles. The maximum Gasteiger partial charge on any atom is 0.397 e. The van der Waals surface area contributed by atoms with Crippen LogP contribution in [0.5, 0.6) is 0 Å². The monoisotopic (exact) mass is 725 g/mol. The normalized spacial score (nSPS) is 20.4. The minimum absolute atomic E-state index is 0.200. The Labute approximate surface area is 295 Å². The van der Waals surface area contributed by atoms with Gasteiger partial charge in [0.25, 0.3) is 0 Å². The van der Waals surface area contributed by atoms with Crippen LogP contribution in [0.4, 0.5) is 30.8 Å². The average Bonchev–Trinajstić information content (AvgIpc) is 3.83. The molecule has 1 saturated carbocycles. The minimum atomic E-state index is -4.54. The third-order valence-corrected chi connectivity index (χ3v) is 10.2. The van der Waals surface area contributed by atoms with Crippen molar-refractivity contribution in [3.8, 4) is 11.3 Å². The van der Waals surface area contributed by atoms with Gasteiger partial charge >= 0.3 is 12.1 Å². The number of imidazole rings is 1. The molecule has 2 unspecified atom stereocenters. The van der Waals surface area contributed by atoms with Crippen molar-refractivity contribution >= 4 is 52.3 Å². The summed E-state index contributed by atoms with van der Waals surface area (Å²) in [7, 11) is 0. The number of pyridine rings is 1. The van der Waals surface area contributed by atoms with Crippen molar-refractivity contribution in [3.63, 3.8) is 0 Å². The van der Waals surface area contributed by atoms with E-state index in [1.807, 2.05) is 36.6 Å². The highest BCUT2D eigenvalue weighted by molar-refractivity contribution is 7.98. The third-order valence-electron chi connectivity index (χ3n) is 9.43. The Morgan fingerprint density at radius 1 is 1.14 bits per heavy atom. The topological polar surface area (TPSA) is 171 Å². The van der Waals surface area contributed by atoms with Gasteiger partial charge in [-0.15, -0.1) is 0 Å². The summed E-state index contributed by atoms with van der Waals surface area (Å²) in [6.07, 6.45) is 1.75. The van der Waals surface area contributed by atoms with Crippen LogP contribution in [0, 0.1) is 11.8 Å². The van der Waals surface area contributed by atoms with Gasteiger partial charge in [0.2, 0.25) is 17.5 Å². The lowest BCUT2D eigenvalue weighted by atomic mass is 9.89. The summed E-state index contributed by atoms with van der Waals surface area (Å²) >= 11 is 1.58. The average molecular weight is 726 g/mol. The van der Waals surface area contributed by atoms with Gasteiger partial charge in [-0.25, -0.2) is 35.2 Å². The van der Waals surface area contributed by atoms with E-state index in [0.717, 1.165) is 24.0 Å². The fourth-order valence-corrected chi connectivity index (χ4v) is 7.34. The van der Waals surface area contributed by atoms with Crippen molar-refractivity contribution in [2.45, 2.75) is 44.1 Å². The van der Waals surface area contributed by atoms with Gasteiger partial charge < -0.3 is 14.7 Å². The Balaban J connectivity index is 1.21. The molecular weight excluding hydrogens is 687 g/mol. The van der Waals surface area contributed by atoms with Crippen LogP contribution in [0.25, 0.3) is 22.3 Å². The number of alkyl halides is 3. The van der Waals surface area contributed by atoms with Crippen molar-refractivity contribution in [2.75, 3.05) is 54.1 Å². The summed E-state index contributed by atoms with van der Waals surface area (Å²) in [6, 6.07) is 11.0. The molecule has 5 N–H and O–H groups in total. The number of nitrogens with zero attached hydrogens (tertiary/aromatic N) is 7. The van der Waals surface area contributed by atoms with Crippen molar-refractivity contribution in [1.82, 2.24) is 34.7 Å². The van der Waals surface area contributed by atoms with Gasteiger partial charge in [0, 0.05) is 62.2 Å². The van der Waals surface area contributed by atoms with Crippen molar-refractivity contribution in [1.29, 1.82) is 0 Å². The molecule has 270 valence electrons. The zero-order valence-electron chi connectivity index (χ0n) is 27.8. The second kappa shape index (κ2) is 14.1. The van der Waals surface area contributed by atoms with Crippen molar-refractivity contribution < 1.29 is 27.6 Å². The zero-order chi connectivity index (χ0) is 35.8. The molecule has 1 amide bonds. The first-order chi connectivity index (χ1) is 24.5. The van der Waals surface area contributed by atoms with E-state index in [-0.39, 0.29) is 24.9 Å². The number of H-pyrrole nitrogens is 1. The first-order valence-electron chi connectivity index (χ1n) is 16.6. The lowest BCUT2D eigenvalue weighted by molar-refractivity contribution is -0.162. The van der Waals surface area contributed by atoms with E-state index in [9.17, 15) is 22.8 Å². The van der Waals surface area contributed by atoms with E-state index in [1.165, 1.54) is 16.2 Å². The number of aromatic amines is 1. The number of carbonyl (C=O) groups is 2. The van der Waals surface area contributed by atoms with Gasteiger partial charge in [0.15, 0.2) is 5.82 Å². The molecule has 51 heavy (non-hydrogen) atoms. The maximum absolute atomic E-state index is 14.4. The quantitative estimate of drug-likeness (QED) is 0.184. The lowest BCUT2D eigenvalue weighted by Crippen LogP contribution is -2.70.